The summed E-state index contributed by atoms with van der Waals surface area (Å²) in [5.41, 5.74) is -0.668. The number of aromatic nitrogens is 1. The summed E-state index contributed by atoms with van der Waals surface area (Å²) in [6, 6.07) is 3.98. The van der Waals surface area contributed by atoms with E-state index in [9.17, 15) is 19.8 Å². The number of anilines is 1. The van der Waals surface area contributed by atoms with Gasteiger partial charge in [0.15, 0.2) is 0 Å². The highest BCUT2D eigenvalue weighted by atomic mass is 32.2. The molecule has 0 aromatic carbocycles. The second kappa shape index (κ2) is 9.82. The van der Waals surface area contributed by atoms with Crippen LogP contribution in [0.15, 0.2) is 17.2 Å². The van der Waals surface area contributed by atoms with Gasteiger partial charge < -0.3 is 20.4 Å². The molecule has 1 aromatic heterocycles. The van der Waals surface area contributed by atoms with Gasteiger partial charge in [-0.2, -0.15) is 0 Å². The summed E-state index contributed by atoms with van der Waals surface area (Å²) in [4.78, 5) is 32.5. The van der Waals surface area contributed by atoms with Crippen LogP contribution in [0.5, 0.6) is 0 Å². The van der Waals surface area contributed by atoms with E-state index in [2.05, 4.69) is 17.1 Å². The molecule has 1 saturated heterocycles. The van der Waals surface area contributed by atoms with Crippen LogP contribution in [0.25, 0.3) is 0 Å². The lowest BCUT2D eigenvalue weighted by atomic mass is 9.52. The van der Waals surface area contributed by atoms with Crippen LogP contribution in [-0.2, 0) is 4.79 Å². The molecule has 0 spiro atoms. The van der Waals surface area contributed by atoms with Gasteiger partial charge in [-0.1, -0.05) is 6.92 Å². The average Bonchev–Trinajstić information content (AvgIpc) is 2.83. The maximum atomic E-state index is 13.5. The third-order valence-electron chi connectivity index (χ3n) is 9.39. The Morgan fingerprint density at radius 1 is 1.22 bits per heavy atom. The fourth-order valence-corrected chi connectivity index (χ4v) is 8.36. The van der Waals surface area contributed by atoms with Crippen LogP contribution in [0.1, 0.15) is 82.5 Å². The van der Waals surface area contributed by atoms with Gasteiger partial charge in [-0.3, -0.25) is 9.59 Å². The predicted molar refractivity (Wildman–Crippen MR) is 141 cm³/mol. The number of aliphatic carboxylic acids is 1. The fraction of sp³-hybridized carbons (Fsp3) is 0.750. The second-order valence-corrected chi connectivity index (χ2v) is 13.5. The predicted octanol–water partition coefficient (Wildman–Crippen LogP) is 4.58. The first-order valence-electron chi connectivity index (χ1n) is 13.7. The smallest absolute Gasteiger partial charge is 0.309 e. The quantitative estimate of drug-likeness (QED) is 0.436. The third-order valence-corrected chi connectivity index (χ3v) is 10.6. The molecule has 2 heterocycles. The number of piperidine rings is 1. The normalized spacial score (nSPS) is 33.6. The maximum Gasteiger partial charge on any atom is 0.309 e. The molecule has 1 amide bonds. The fourth-order valence-electron chi connectivity index (χ4n) is 7.48. The summed E-state index contributed by atoms with van der Waals surface area (Å²) in [6.45, 7) is 7.26. The summed E-state index contributed by atoms with van der Waals surface area (Å²) < 4.78 is 0. The van der Waals surface area contributed by atoms with Crippen molar-refractivity contribution >= 4 is 29.5 Å². The van der Waals surface area contributed by atoms with Crippen LogP contribution in [-0.4, -0.2) is 57.6 Å². The van der Waals surface area contributed by atoms with Crippen molar-refractivity contribution < 1.29 is 19.8 Å². The molecular weight excluding hydrogens is 474 g/mol. The van der Waals surface area contributed by atoms with Crippen LogP contribution in [0.4, 0.5) is 5.82 Å². The lowest BCUT2D eigenvalue weighted by Crippen LogP contribution is -2.61. The first kappa shape index (κ1) is 25.8. The maximum absolute atomic E-state index is 13.5. The number of rotatable bonds is 8. The van der Waals surface area contributed by atoms with Gasteiger partial charge >= 0.3 is 5.97 Å². The summed E-state index contributed by atoms with van der Waals surface area (Å²) in [5, 5.41) is 24.7. The largest absolute Gasteiger partial charge is 0.481 e. The number of carbonyl (C=O) groups is 2. The molecule has 198 valence electrons. The van der Waals surface area contributed by atoms with Gasteiger partial charge in [-0.05, 0) is 107 Å². The molecular formula is C28H41N3O4S. The lowest BCUT2D eigenvalue weighted by Gasteiger charge is -2.58. The van der Waals surface area contributed by atoms with Gasteiger partial charge in [0.1, 0.15) is 10.8 Å². The van der Waals surface area contributed by atoms with Crippen LogP contribution in [0.3, 0.4) is 0 Å². The van der Waals surface area contributed by atoms with Gasteiger partial charge in [-0.15, -0.1) is 11.8 Å². The zero-order valence-electron chi connectivity index (χ0n) is 21.8. The standard InChI is InChI=1S/C28H41N3O4S/c1-4-10-36-25-21(24(32)30-23-18-11-17-12-19(23)15-28(35,13-17)14-18)7-8-22(29-25)31-9-5-6-20(16-31)27(2,3)26(33)34/h7-8,17-20,23,35H,4-6,9-16H2,1-3H3,(H,30,32)(H,33,34)/t17?,18?,19?,20?,23-,28+. The number of carboxylic acid groups (broad SMARTS) is 1. The molecule has 6 rings (SSSR count). The number of pyridine rings is 1. The molecule has 3 unspecified atom stereocenters. The summed E-state index contributed by atoms with van der Waals surface area (Å²) >= 11 is 1.62. The highest BCUT2D eigenvalue weighted by Crippen LogP contribution is 2.55. The number of aliphatic hydroxyl groups is 1. The Morgan fingerprint density at radius 3 is 2.58 bits per heavy atom. The SMILES string of the molecule is CCCSc1nc(N2CCCC(C(C)(C)C(=O)O)C2)ccc1C(=O)N[C@H]1C2CC3CC1C[C@@](O)(C3)C2. The van der Waals surface area contributed by atoms with Crippen LogP contribution in [0.2, 0.25) is 0 Å². The molecule has 3 N–H and O–H groups in total. The molecule has 0 radical (unpaired) electrons. The van der Waals surface area contributed by atoms with Crippen LogP contribution in [0, 0.1) is 29.1 Å². The Hall–Kier alpha value is -1.80. The van der Waals surface area contributed by atoms with E-state index >= 15 is 0 Å². The van der Waals surface area contributed by atoms with Crippen molar-refractivity contribution in [2.75, 3.05) is 23.7 Å². The molecule has 5 fully saturated rings. The Kier molecular flexibility index (Phi) is 7.05. The Balaban J connectivity index is 1.33. The first-order chi connectivity index (χ1) is 17.1. The van der Waals surface area contributed by atoms with Crippen molar-refractivity contribution in [1.29, 1.82) is 0 Å². The molecule has 36 heavy (non-hydrogen) atoms. The monoisotopic (exact) mass is 515 g/mol. The number of carboxylic acids is 1. The van der Waals surface area contributed by atoms with Crippen molar-refractivity contribution in [2.24, 2.45) is 29.1 Å². The Labute approximate surface area is 218 Å². The van der Waals surface area contributed by atoms with Gasteiger partial charge in [0.05, 0.1) is 16.6 Å². The number of hydrogen-bond donors (Lipinski definition) is 3. The number of hydrogen-bond acceptors (Lipinski definition) is 6. The van der Waals surface area contributed by atoms with E-state index in [4.69, 9.17) is 4.98 Å². The minimum Gasteiger partial charge on any atom is -0.481 e. The number of nitrogens with zero attached hydrogens (tertiary/aromatic N) is 2. The topological polar surface area (TPSA) is 103 Å². The van der Waals surface area contributed by atoms with E-state index in [0.717, 1.165) is 74.5 Å². The molecule has 3 atom stereocenters. The van der Waals surface area contributed by atoms with E-state index in [1.165, 1.54) is 0 Å². The van der Waals surface area contributed by atoms with Gasteiger partial charge in [0, 0.05) is 19.1 Å². The number of nitrogens with one attached hydrogen (secondary N) is 1. The number of carbonyl (C=O) groups excluding carboxylic acids is 1. The number of amides is 1. The number of thioether (sulfide) groups is 1. The minimum absolute atomic E-state index is 0.0482. The second-order valence-electron chi connectivity index (χ2n) is 12.4. The summed E-state index contributed by atoms with van der Waals surface area (Å²) in [7, 11) is 0. The zero-order chi connectivity index (χ0) is 25.7. The zero-order valence-corrected chi connectivity index (χ0v) is 22.6. The van der Waals surface area contributed by atoms with Gasteiger partial charge in [-0.25, -0.2) is 4.98 Å². The van der Waals surface area contributed by atoms with Gasteiger partial charge in [0.2, 0.25) is 0 Å². The third kappa shape index (κ3) is 4.87. The van der Waals surface area contributed by atoms with E-state index < -0.39 is 17.0 Å². The van der Waals surface area contributed by atoms with Crippen molar-refractivity contribution in [3.63, 3.8) is 0 Å². The molecule has 7 nitrogen and oxygen atoms in total. The van der Waals surface area contributed by atoms with Crippen molar-refractivity contribution in [1.82, 2.24) is 10.3 Å². The molecule has 8 heteroatoms. The summed E-state index contributed by atoms with van der Waals surface area (Å²) in [6.07, 6.45) is 7.59. The molecule has 5 aliphatic rings. The van der Waals surface area contributed by atoms with E-state index in [1.54, 1.807) is 11.8 Å². The highest BCUT2D eigenvalue weighted by molar-refractivity contribution is 7.99. The van der Waals surface area contributed by atoms with Crippen molar-refractivity contribution in [3.8, 4) is 0 Å². The molecule has 4 bridgehead atoms. The first-order valence-corrected chi connectivity index (χ1v) is 14.7. The lowest BCUT2D eigenvalue weighted by molar-refractivity contribution is -0.150. The Morgan fingerprint density at radius 2 is 1.94 bits per heavy atom. The highest BCUT2D eigenvalue weighted by Gasteiger charge is 2.55. The van der Waals surface area contributed by atoms with E-state index in [0.29, 0.717) is 29.9 Å². The molecule has 1 aliphatic heterocycles. The van der Waals surface area contributed by atoms with Crippen LogP contribution >= 0.6 is 11.8 Å². The average molecular weight is 516 g/mol. The minimum atomic E-state index is -0.788. The van der Waals surface area contributed by atoms with Crippen molar-refractivity contribution in [2.45, 2.75) is 88.8 Å². The summed E-state index contributed by atoms with van der Waals surface area (Å²) in [5.74, 6) is 2.29. The van der Waals surface area contributed by atoms with Crippen LogP contribution < -0.4 is 10.2 Å². The van der Waals surface area contributed by atoms with Gasteiger partial charge in [0.25, 0.3) is 5.91 Å². The molecule has 4 saturated carbocycles. The van der Waals surface area contributed by atoms with E-state index in [-0.39, 0.29) is 17.9 Å². The molecule has 4 aliphatic carbocycles. The molecule has 1 aromatic rings. The van der Waals surface area contributed by atoms with E-state index in [1.807, 2.05) is 26.0 Å². The van der Waals surface area contributed by atoms with Crippen molar-refractivity contribution in [3.05, 3.63) is 17.7 Å². The Bertz CT molecular complexity index is 999.